The third-order valence-electron chi connectivity index (χ3n) is 2.96. The van der Waals surface area contributed by atoms with Crippen LogP contribution in [-0.4, -0.2) is 6.61 Å². The van der Waals surface area contributed by atoms with Gasteiger partial charge >= 0.3 is 0 Å². The summed E-state index contributed by atoms with van der Waals surface area (Å²) in [4.78, 5) is 0. The van der Waals surface area contributed by atoms with Crippen molar-refractivity contribution in [2.75, 3.05) is 6.61 Å². The van der Waals surface area contributed by atoms with Crippen molar-refractivity contribution >= 4 is 0 Å². The summed E-state index contributed by atoms with van der Waals surface area (Å²) in [6.07, 6.45) is 3.71. The van der Waals surface area contributed by atoms with E-state index in [0.717, 1.165) is 6.61 Å². The molecule has 0 saturated carbocycles. The summed E-state index contributed by atoms with van der Waals surface area (Å²) in [5.74, 6) is 0. The van der Waals surface area contributed by atoms with E-state index in [2.05, 4.69) is 38.1 Å². The van der Waals surface area contributed by atoms with Gasteiger partial charge in [0.05, 0.1) is 6.61 Å². The number of aryl methyl sites for hydroxylation is 1. The van der Waals surface area contributed by atoms with Crippen LogP contribution in [0.5, 0.6) is 0 Å². The van der Waals surface area contributed by atoms with E-state index < -0.39 is 0 Å². The molecule has 1 aromatic rings. The van der Waals surface area contributed by atoms with Crippen molar-refractivity contribution in [2.24, 2.45) is 0 Å². The molecule has 0 N–H and O–H groups in total. The number of epoxide rings is 1. The Morgan fingerprint density at radius 1 is 1.36 bits per heavy atom. The van der Waals surface area contributed by atoms with Gasteiger partial charge in [0.1, 0.15) is 5.60 Å². The van der Waals surface area contributed by atoms with E-state index in [1.165, 1.54) is 30.4 Å². The summed E-state index contributed by atoms with van der Waals surface area (Å²) >= 11 is 0. The Kier molecular flexibility index (Phi) is 2.60. The van der Waals surface area contributed by atoms with E-state index in [9.17, 15) is 0 Å². The minimum Gasteiger partial charge on any atom is -0.365 e. The van der Waals surface area contributed by atoms with E-state index in [1.54, 1.807) is 0 Å². The van der Waals surface area contributed by atoms with Crippen LogP contribution in [0.3, 0.4) is 0 Å². The Labute approximate surface area is 86.1 Å². The third kappa shape index (κ3) is 1.83. The van der Waals surface area contributed by atoms with Gasteiger partial charge in [-0.3, -0.25) is 0 Å². The van der Waals surface area contributed by atoms with Gasteiger partial charge in [-0.15, -0.1) is 0 Å². The van der Waals surface area contributed by atoms with Crippen LogP contribution >= 0.6 is 0 Å². The summed E-state index contributed by atoms with van der Waals surface area (Å²) in [5, 5.41) is 0. The largest absolute Gasteiger partial charge is 0.365 e. The van der Waals surface area contributed by atoms with E-state index >= 15 is 0 Å². The first-order chi connectivity index (χ1) is 6.76. The average Bonchev–Trinajstić information content (AvgIpc) is 2.95. The average molecular weight is 190 g/mol. The van der Waals surface area contributed by atoms with E-state index in [0.29, 0.717) is 0 Å². The summed E-state index contributed by atoms with van der Waals surface area (Å²) in [6, 6.07) is 8.67. The van der Waals surface area contributed by atoms with Crippen molar-refractivity contribution in [2.45, 2.75) is 38.7 Å². The van der Waals surface area contributed by atoms with Crippen molar-refractivity contribution in [3.8, 4) is 0 Å². The maximum atomic E-state index is 5.50. The van der Waals surface area contributed by atoms with Crippen LogP contribution in [0.25, 0.3) is 0 Å². The molecule has 76 valence electrons. The topological polar surface area (TPSA) is 12.5 Å². The number of hydrogen-bond acceptors (Lipinski definition) is 1. The van der Waals surface area contributed by atoms with Gasteiger partial charge in [-0.1, -0.05) is 37.6 Å². The number of hydrogen-bond donors (Lipinski definition) is 0. The third-order valence-corrected chi connectivity index (χ3v) is 2.96. The van der Waals surface area contributed by atoms with Gasteiger partial charge < -0.3 is 4.74 Å². The van der Waals surface area contributed by atoms with Crippen LogP contribution in [-0.2, 0) is 16.8 Å². The Morgan fingerprint density at radius 3 is 2.71 bits per heavy atom. The van der Waals surface area contributed by atoms with Gasteiger partial charge in [-0.2, -0.15) is 0 Å². The molecule has 1 unspecified atom stereocenters. The molecule has 2 rings (SSSR count). The quantitative estimate of drug-likeness (QED) is 0.664. The zero-order chi connectivity index (χ0) is 10.0. The molecular weight excluding hydrogens is 172 g/mol. The molecule has 1 heterocycles. The molecule has 1 aliphatic heterocycles. The maximum absolute atomic E-state index is 5.50. The lowest BCUT2D eigenvalue weighted by molar-refractivity contribution is 0.328. The zero-order valence-electron chi connectivity index (χ0n) is 9.05. The van der Waals surface area contributed by atoms with Gasteiger partial charge in [-0.25, -0.2) is 0 Å². The first kappa shape index (κ1) is 9.72. The lowest BCUT2D eigenvalue weighted by atomic mass is 9.93. The van der Waals surface area contributed by atoms with Crippen LogP contribution in [0.1, 0.15) is 37.8 Å². The number of unbranched alkanes of at least 4 members (excludes halogenated alkanes) is 1. The molecule has 1 nitrogen and oxygen atoms in total. The van der Waals surface area contributed by atoms with Crippen LogP contribution in [0, 0.1) is 0 Å². The minimum atomic E-state index is 0.0321. The molecular formula is C13H18O. The minimum absolute atomic E-state index is 0.0321. The maximum Gasteiger partial charge on any atom is 0.114 e. The summed E-state index contributed by atoms with van der Waals surface area (Å²) < 4.78 is 5.50. The van der Waals surface area contributed by atoms with Crippen LogP contribution < -0.4 is 0 Å². The van der Waals surface area contributed by atoms with Crippen molar-refractivity contribution in [1.29, 1.82) is 0 Å². The number of ether oxygens (including phenoxy) is 1. The van der Waals surface area contributed by atoms with Crippen molar-refractivity contribution in [3.05, 3.63) is 35.4 Å². The second-order valence-corrected chi connectivity index (χ2v) is 4.28. The molecule has 1 saturated heterocycles. The van der Waals surface area contributed by atoms with Gasteiger partial charge in [0.2, 0.25) is 0 Å². The van der Waals surface area contributed by atoms with Crippen LogP contribution in [0.4, 0.5) is 0 Å². The molecule has 1 fully saturated rings. The van der Waals surface area contributed by atoms with Gasteiger partial charge in [0.25, 0.3) is 0 Å². The predicted molar refractivity (Wildman–Crippen MR) is 58.4 cm³/mol. The van der Waals surface area contributed by atoms with Crippen LogP contribution in [0.15, 0.2) is 24.3 Å². The Morgan fingerprint density at radius 2 is 2.07 bits per heavy atom. The second-order valence-electron chi connectivity index (χ2n) is 4.28. The highest BCUT2D eigenvalue weighted by Gasteiger charge is 2.42. The highest BCUT2D eigenvalue weighted by Crippen LogP contribution is 2.39. The molecule has 1 heteroatoms. The molecule has 0 spiro atoms. The molecule has 0 aliphatic carbocycles. The molecule has 1 atom stereocenters. The van der Waals surface area contributed by atoms with Crippen molar-refractivity contribution < 1.29 is 4.74 Å². The molecule has 0 radical (unpaired) electrons. The molecule has 1 aromatic carbocycles. The Balaban J connectivity index is 2.20. The van der Waals surface area contributed by atoms with Gasteiger partial charge in [0, 0.05) is 0 Å². The standard InChI is InChI=1S/C13H18O/c1-3-4-7-11-8-5-6-9-12(11)13(2)10-14-13/h5-6,8-9H,3-4,7,10H2,1-2H3. The molecule has 14 heavy (non-hydrogen) atoms. The van der Waals surface area contributed by atoms with Gasteiger partial charge in [0.15, 0.2) is 0 Å². The monoisotopic (exact) mass is 190 g/mol. The number of benzene rings is 1. The van der Waals surface area contributed by atoms with E-state index in [4.69, 9.17) is 4.74 Å². The summed E-state index contributed by atoms with van der Waals surface area (Å²) in [7, 11) is 0. The predicted octanol–water partition coefficient (Wildman–Crippen LogP) is 3.27. The Hall–Kier alpha value is -0.820. The smallest absolute Gasteiger partial charge is 0.114 e. The lowest BCUT2D eigenvalue weighted by Crippen LogP contribution is -2.06. The fourth-order valence-electron chi connectivity index (χ4n) is 1.89. The SMILES string of the molecule is CCCCc1ccccc1C1(C)CO1. The van der Waals surface area contributed by atoms with Gasteiger partial charge in [-0.05, 0) is 30.9 Å². The highest BCUT2D eigenvalue weighted by molar-refractivity contribution is 5.34. The first-order valence-corrected chi connectivity index (χ1v) is 5.48. The highest BCUT2D eigenvalue weighted by atomic mass is 16.6. The first-order valence-electron chi connectivity index (χ1n) is 5.48. The molecule has 0 bridgehead atoms. The zero-order valence-corrected chi connectivity index (χ0v) is 9.05. The number of rotatable bonds is 4. The second kappa shape index (κ2) is 3.74. The van der Waals surface area contributed by atoms with Crippen molar-refractivity contribution in [3.63, 3.8) is 0 Å². The van der Waals surface area contributed by atoms with Crippen LogP contribution in [0.2, 0.25) is 0 Å². The normalized spacial score (nSPS) is 25.0. The van der Waals surface area contributed by atoms with E-state index in [1.807, 2.05) is 0 Å². The fraction of sp³-hybridized carbons (Fsp3) is 0.538. The molecule has 0 amide bonds. The molecule has 1 aliphatic rings. The Bertz CT molecular complexity index is 313. The van der Waals surface area contributed by atoms with Crippen molar-refractivity contribution in [1.82, 2.24) is 0 Å². The van der Waals surface area contributed by atoms with E-state index in [-0.39, 0.29) is 5.60 Å². The molecule has 0 aromatic heterocycles. The summed E-state index contributed by atoms with van der Waals surface area (Å²) in [5.41, 5.74) is 2.90. The fourth-order valence-corrected chi connectivity index (χ4v) is 1.89. The summed E-state index contributed by atoms with van der Waals surface area (Å²) in [6.45, 7) is 5.30. The lowest BCUT2D eigenvalue weighted by Gasteiger charge is -2.11.